The number of ether oxygens (including phenoxy) is 1. The summed E-state index contributed by atoms with van der Waals surface area (Å²) in [6.45, 7) is 4.56. The molecule has 0 aliphatic rings. The van der Waals surface area contributed by atoms with Gasteiger partial charge in [-0.25, -0.2) is 0 Å². The summed E-state index contributed by atoms with van der Waals surface area (Å²) in [5, 5.41) is 10.5. The van der Waals surface area contributed by atoms with Crippen LogP contribution in [-0.4, -0.2) is 11.5 Å². The molecule has 0 aromatic heterocycles. The number of rotatable bonds is 5. The van der Waals surface area contributed by atoms with Crippen LogP contribution in [0.3, 0.4) is 0 Å². The van der Waals surface area contributed by atoms with E-state index in [-0.39, 0.29) is 5.69 Å². The lowest BCUT2D eigenvalue weighted by atomic mass is 10.2. The molecule has 0 aliphatic carbocycles. The van der Waals surface area contributed by atoms with Gasteiger partial charge in [-0.1, -0.05) is 13.3 Å². The first kappa shape index (κ1) is 11.5. The minimum Gasteiger partial charge on any atom is -0.493 e. The SMILES string of the molecule is CCCCOc1ccc([N+](=O)[O-])cc1C. The van der Waals surface area contributed by atoms with Crippen LogP contribution in [0.15, 0.2) is 18.2 Å². The molecule has 0 spiro atoms. The number of hydrogen-bond donors (Lipinski definition) is 0. The van der Waals surface area contributed by atoms with E-state index in [1.54, 1.807) is 6.07 Å². The van der Waals surface area contributed by atoms with Gasteiger partial charge in [0.15, 0.2) is 0 Å². The zero-order valence-corrected chi connectivity index (χ0v) is 9.03. The Labute approximate surface area is 89.0 Å². The maximum atomic E-state index is 10.5. The second kappa shape index (κ2) is 5.34. The number of nitrogens with zero attached hydrogens (tertiary/aromatic N) is 1. The van der Waals surface area contributed by atoms with Gasteiger partial charge in [0.25, 0.3) is 5.69 Å². The smallest absolute Gasteiger partial charge is 0.269 e. The number of nitro benzene ring substituents is 1. The minimum atomic E-state index is -0.400. The van der Waals surface area contributed by atoms with Crippen molar-refractivity contribution in [2.75, 3.05) is 6.61 Å². The molecule has 0 radical (unpaired) electrons. The van der Waals surface area contributed by atoms with Crippen LogP contribution in [0.5, 0.6) is 5.75 Å². The fourth-order valence-corrected chi connectivity index (χ4v) is 1.24. The standard InChI is InChI=1S/C11H15NO3/c1-3-4-7-15-11-6-5-10(12(13)14)8-9(11)2/h5-6,8H,3-4,7H2,1-2H3. The third-order valence-electron chi connectivity index (χ3n) is 2.12. The second-order valence-electron chi connectivity index (χ2n) is 3.41. The van der Waals surface area contributed by atoms with Crippen LogP contribution in [0.25, 0.3) is 0 Å². The van der Waals surface area contributed by atoms with E-state index in [9.17, 15) is 10.1 Å². The third kappa shape index (κ3) is 3.23. The summed E-state index contributed by atoms with van der Waals surface area (Å²) in [5.41, 5.74) is 0.913. The Morgan fingerprint density at radius 1 is 1.47 bits per heavy atom. The van der Waals surface area contributed by atoms with E-state index in [2.05, 4.69) is 6.92 Å². The Morgan fingerprint density at radius 3 is 2.73 bits per heavy atom. The molecule has 0 unspecified atom stereocenters. The molecule has 0 fully saturated rings. The summed E-state index contributed by atoms with van der Waals surface area (Å²) in [6, 6.07) is 4.65. The number of aryl methyl sites for hydroxylation is 1. The van der Waals surface area contributed by atoms with E-state index in [1.807, 2.05) is 6.92 Å². The Balaban J connectivity index is 2.70. The van der Waals surface area contributed by atoms with Crippen molar-refractivity contribution in [3.8, 4) is 5.75 Å². The molecule has 82 valence electrons. The van der Waals surface area contributed by atoms with Gasteiger partial charge in [-0.05, 0) is 25.0 Å². The fraction of sp³-hybridized carbons (Fsp3) is 0.455. The number of benzene rings is 1. The van der Waals surface area contributed by atoms with Crippen LogP contribution in [-0.2, 0) is 0 Å². The van der Waals surface area contributed by atoms with Crippen LogP contribution in [0.1, 0.15) is 25.3 Å². The lowest BCUT2D eigenvalue weighted by Gasteiger charge is -2.07. The van der Waals surface area contributed by atoms with Crippen molar-refractivity contribution in [2.24, 2.45) is 0 Å². The zero-order chi connectivity index (χ0) is 11.3. The Kier molecular flexibility index (Phi) is 4.09. The molecule has 4 nitrogen and oxygen atoms in total. The van der Waals surface area contributed by atoms with Crippen molar-refractivity contribution in [3.05, 3.63) is 33.9 Å². The molecule has 0 aliphatic heterocycles. The number of nitro groups is 1. The van der Waals surface area contributed by atoms with Gasteiger partial charge in [-0.2, -0.15) is 0 Å². The quantitative estimate of drug-likeness (QED) is 0.425. The fourth-order valence-electron chi connectivity index (χ4n) is 1.24. The van der Waals surface area contributed by atoms with Gasteiger partial charge in [0.1, 0.15) is 5.75 Å². The highest BCUT2D eigenvalue weighted by atomic mass is 16.6. The molecule has 0 bridgehead atoms. The van der Waals surface area contributed by atoms with Crippen LogP contribution < -0.4 is 4.74 Å². The summed E-state index contributed by atoms with van der Waals surface area (Å²) in [6.07, 6.45) is 2.07. The molecule has 0 atom stereocenters. The number of hydrogen-bond acceptors (Lipinski definition) is 3. The Hall–Kier alpha value is -1.58. The first-order valence-corrected chi connectivity index (χ1v) is 5.03. The molecule has 0 N–H and O–H groups in total. The van der Waals surface area contributed by atoms with Crippen molar-refractivity contribution >= 4 is 5.69 Å². The van der Waals surface area contributed by atoms with Crippen molar-refractivity contribution in [1.82, 2.24) is 0 Å². The van der Waals surface area contributed by atoms with Gasteiger partial charge in [-0.15, -0.1) is 0 Å². The molecule has 1 rings (SSSR count). The van der Waals surface area contributed by atoms with Gasteiger partial charge in [0.05, 0.1) is 11.5 Å². The van der Waals surface area contributed by atoms with Crippen LogP contribution in [0.4, 0.5) is 5.69 Å². The van der Waals surface area contributed by atoms with Crippen molar-refractivity contribution in [1.29, 1.82) is 0 Å². The Morgan fingerprint density at radius 2 is 2.20 bits per heavy atom. The second-order valence-corrected chi connectivity index (χ2v) is 3.41. The van der Waals surface area contributed by atoms with E-state index >= 15 is 0 Å². The molecule has 4 heteroatoms. The van der Waals surface area contributed by atoms with E-state index in [4.69, 9.17) is 4.74 Å². The van der Waals surface area contributed by atoms with E-state index in [0.29, 0.717) is 6.61 Å². The predicted molar refractivity (Wildman–Crippen MR) is 58.2 cm³/mol. The van der Waals surface area contributed by atoms with Gasteiger partial charge in [0, 0.05) is 12.1 Å². The number of unbranched alkanes of at least 4 members (excludes halogenated alkanes) is 1. The highest BCUT2D eigenvalue weighted by Gasteiger charge is 2.08. The van der Waals surface area contributed by atoms with Crippen LogP contribution >= 0.6 is 0 Å². The minimum absolute atomic E-state index is 0.107. The molecule has 1 aromatic rings. The van der Waals surface area contributed by atoms with Gasteiger partial charge < -0.3 is 4.74 Å². The topological polar surface area (TPSA) is 52.4 Å². The van der Waals surface area contributed by atoms with Crippen LogP contribution in [0, 0.1) is 17.0 Å². The maximum Gasteiger partial charge on any atom is 0.269 e. The average Bonchev–Trinajstić information content (AvgIpc) is 2.20. The summed E-state index contributed by atoms with van der Waals surface area (Å²) in [5.74, 6) is 0.731. The lowest BCUT2D eigenvalue weighted by Crippen LogP contribution is -1.98. The maximum absolute atomic E-state index is 10.5. The molecule has 1 aromatic carbocycles. The normalized spacial score (nSPS) is 10.0. The predicted octanol–water partition coefficient (Wildman–Crippen LogP) is 3.08. The number of non-ortho nitro benzene ring substituents is 1. The van der Waals surface area contributed by atoms with E-state index < -0.39 is 4.92 Å². The van der Waals surface area contributed by atoms with Crippen molar-refractivity contribution < 1.29 is 9.66 Å². The molecule has 0 saturated carbocycles. The summed E-state index contributed by atoms with van der Waals surface area (Å²) in [7, 11) is 0. The largest absolute Gasteiger partial charge is 0.493 e. The van der Waals surface area contributed by atoms with Crippen molar-refractivity contribution in [2.45, 2.75) is 26.7 Å². The summed E-state index contributed by atoms with van der Waals surface area (Å²) < 4.78 is 5.49. The zero-order valence-electron chi connectivity index (χ0n) is 9.03. The Bertz CT molecular complexity index is 350. The van der Waals surface area contributed by atoms with Crippen LogP contribution in [0.2, 0.25) is 0 Å². The monoisotopic (exact) mass is 209 g/mol. The van der Waals surface area contributed by atoms with E-state index in [0.717, 1.165) is 24.2 Å². The van der Waals surface area contributed by atoms with E-state index in [1.165, 1.54) is 12.1 Å². The molecule has 0 heterocycles. The molecule has 0 amide bonds. The molecular formula is C11H15NO3. The first-order valence-electron chi connectivity index (χ1n) is 5.03. The average molecular weight is 209 g/mol. The van der Waals surface area contributed by atoms with Gasteiger partial charge in [0.2, 0.25) is 0 Å². The highest BCUT2D eigenvalue weighted by molar-refractivity contribution is 5.42. The summed E-state index contributed by atoms with van der Waals surface area (Å²) in [4.78, 5) is 10.1. The summed E-state index contributed by atoms with van der Waals surface area (Å²) >= 11 is 0. The third-order valence-corrected chi connectivity index (χ3v) is 2.12. The van der Waals surface area contributed by atoms with Gasteiger partial charge in [-0.3, -0.25) is 10.1 Å². The van der Waals surface area contributed by atoms with Gasteiger partial charge >= 0.3 is 0 Å². The molecule has 15 heavy (non-hydrogen) atoms. The molecular weight excluding hydrogens is 194 g/mol. The highest BCUT2D eigenvalue weighted by Crippen LogP contribution is 2.23. The first-order chi connectivity index (χ1) is 7.15. The molecule has 0 saturated heterocycles. The lowest BCUT2D eigenvalue weighted by molar-refractivity contribution is -0.384. The van der Waals surface area contributed by atoms with Crippen molar-refractivity contribution in [3.63, 3.8) is 0 Å².